The van der Waals surface area contributed by atoms with Crippen LogP contribution in [0.4, 0.5) is 25.0 Å². The van der Waals surface area contributed by atoms with Gasteiger partial charge in [0.25, 0.3) is 0 Å². The Hall–Kier alpha value is -3.75. The molecule has 3 aromatic rings. The number of rotatable bonds is 6. The maximum absolute atomic E-state index is 13.8. The Labute approximate surface area is 158 Å². The normalized spacial score (nSPS) is 10.5. The fraction of sp³-hybridized carbons (Fsp3) is 0.105. The molecule has 0 unspecified atom stereocenters. The van der Waals surface area contributed by atoms with Crippen molar-refractivity contribution in [3.05, 3.63) is 66.2 Å². The first kappa shape index (κ1) is 19.0. The summed E-state index contributed by atoms with van der Waals surface area (Å²) in [7, 11) is 0. The zero-order chi connectivity index (χ0) is 20.1. The van der Waals surface area contributed by atoms with Gasteiger partial charge in [0.1, 0.15) is 11.6 Å². The highest BCUT2D eigenvalue weighted by Gasteiger charge is 2.13. The number of hydrogen-bond donors (Lipinski definition) is 3. The van der Waals surface area contributed by atoms with E-state index in [1.807, 2.05) is 0 Å². The number of aryl methyl sites for hydroxylation is 1. The standard InChI is InChI=1S/C19H16F2N4O3/c20-11-4-5-14(15(21)8-11)16-10-23-18(28-16)7-6-17(26)24-12-2-1-3-13(9-12)25-19(22)27/h1-5,8-10H,6-7H2,(H,24,26)(H3,22,25,27). The maximum atomic E-state index is 13.8. The van der Waals surface area contributed by atoms with Crippen molar-refractivity contribution in [1.29, 1.82) is 0 Å². The largest absolute Gasteiger partial charge is 0.441 e. The van der Waals surface area contributed by atoms with Crippen LogP contribution in [0.25, 0.3) is 11.3 Å². The number of carbonyl (C=O) groups excluding carboxylic acids is 2. The van der Waals surface area contributed by atoms with Crippen LogP contribution in [0.3, 0.4) is 0 Å². The lowest BCUT2D eigenvalue weighted by Crippen LogP contribution is -2.19. The van der Waals surface area contributed by atoms with Gasteiger partial charge in [0.05, 0.1) is 11.8 Å². The lowest BCUT2D eigenvalue weighted by Gasteiger charge is -2.07. The molecule has 0 aliphatic rings. The van der Waals surface area contributed by atoms with Crippen LogP contribution in [0, 0.1) is 11.6 Å². The van der Waals surface area contributed by atoms with E-state index in [1.54, 1.807) is 24.3 Å². The third kappa shape index (κ3) is 4.91. The maximum Gasteiger partial charge on any atom is 0.316 e. The van der Waals surface area contributed by atoms with E-state index in [2.05, 4.69) is 15.6 Å². The Morgan fingerprint density at radius 1 is 1.07 bits per heavy atom. The molecule has 0 aliphatic heterocycles. The Bertz CT molecular complexity index is 1020. The quantitative estimate of drug-likeness (QED) is 0.600. The van der Waals surface area contributed by atoms with Gasteiger partial charge >= 0.3 is 6.03 Å². The van der Waals surface area contributed by atoms with Gasteiger partial charge in [-0.25, -0.2) is 18.6 Å². The van der Waals surface area contributed by atoms with Crippen molar-refractivity contribution in [1.82, 2.24) is 4.98 Å². The monoisotopic (exact) mass is 386 g/mol. The number of halogens is 2. The summed E-state index contributed by atoms with van der Waals surface area (Å²) in [5, 5.41) is 5.09. The number of nitrogens with two attached hydrogens (primary N) is 1. The molecule has 0 saturated carbocycles. The molecule has 28 heavy (non-hydrogen) atoms. The molecule has 0 radical (unpaired) electrons. The van der Waals surface area contributed by atoms with Crippen LogP contribution in [-0.2, 0) is 11.2 Å². The molecule has 0 atom stereocenters. The predicted octanol–water partition coefficient (Wildman–Crippen LogP) is 3.68. The molecule has 0 fully saturated rings. The lowest BCUT2D eigenvalue weighted by molar-refractivity contribution is -0.116. The third-order valence-electron chi connectivity index (χ3n) is 3.73. The first-order valence-electron chi connectivity index (χ1n) is 8.27. The molecule has 1 aromatic heterocycles. The Morgan fingerprint density at radius 3 is 2.54 bits per heavy atom. The number of hydrogen-bond acceptors (Lipinski definition) is 4. The molecule has 2 aromatic carbocycles. The van der Waals surface area contributed by atoms with Gasteiger partial charge in [-0.2, -0.15) is 0 Å². The summed E-state index contributed by atoms with van der Waals surface area (Å²) in [6.45, 7) is 0. The number of amides is 3. The second kappa shape index (κ2) is 8.30. The average molecular weight is 386 g/mol. The number of anilines is 2. The Morgan fingerprint density at radius 2 is 1.82 bits per heavy atom. The van der Waals surface area contributed by atoms with Crippen LogP contribution in [0.15, 0.2) is 53.1 Å². The summed E-state index contributed by atoms with van der Waals surface area (Å²) in [5.74, 6) is -1.35. The third-order valence-corrected chi connectivity index (χ3v) is 3.73. The zero-order valence-electron chi connectivity index (χ0n) is 14.5. The number of carbonyl (C=O) groups is 2. The highest BCUT2D eigenvalue weighted by molar-refractivity contribution is 5.93. The number of nitrogens with one attached hydrogen (secondary N) is 2. The molecule has 7 nitrogen and oxygen atoms in total. The van der Waals surface area contributed by atoms with E-state index in [-0.39, 0.29) is 36.0 Å². The van der Waals surface area contributed by atoms with Crippen molar-refractivity contribution in [2.24, 2.45) is 5.73 Å². The van der Waals surface area contributed by atoms with Gasteiger partial charge in [-0.3, -0.25) is 4.79 Å². The van der Waals surface area contributed by atoms with Crippen molar-refractivity contribution in [3.8, 4) is 11.3 Å². The van der Waals surface area contributed by atoms with Crippen LogP contribution in [0.2, 0.25) is 0 Å². The van der Waals surface area contributed by atoms with Gasteiger partial charge in [0, 0.05) is 30.3 Å². The van der Waals surface area contributed by atoms with Gasteiger partial charge in [0.2, 0.25) is 5.91 Å². The molecule has 0 spiro atoms. The summed E-state index contributed by atoms with van der Waals surface area (Å²) in [6.07, 6.45) is 1.58. The molecule has 0 saturated heterocycles. The van der Waals surface area contributed by atoms with E-state index in [9.17, 15) is 18.4 Å². The van der Waals surface area contributed by atoms with Gasteiger partial charge in [-0.15, -0.1) is 0 Å². The molecule has 1 heterocycles. The van der Waals surface area contributed by atoms with E-state index >= 15 is 0 Å². The van der Waals surface area contributed by atoms with Gasteiger partial charge in [-0.1, -0.05) is 6.07 Å². The molecule has 0 aliphatic carbocycles. The molecule has 144 valence electrons. The van der Waals surface area contributed by atoms with Crippen LogP contribution in [-0.4, -0.2) is 16.9 Å². The van der Waals surface area contributed by atoms with Crippen molar-refractivity contribution >= 4 is 23.3 Å². The molecule has 9 heteroatoms. The number of aromatic nitrogens is 1. The van der Waals surface area contributed by atoms with E-state index in [4.69, 9.17) is 10.2 Å². The fourth-order valence-electron chi connectivity index (χ4n) is 2.50. The van der Waals surface area contributed by atoms with Gasteiger partial charge in [-0.05, 0) is 30.3 Å². The van der Waals surface area contributed by atoms with Crippen molar-refractivity contribution in [2.75, 3.05) is 10.6 Å². The smallest absolute Gasteiger partial charge is 0.316 e. The first-order chi connectivity index (χ1) is 13.4. The number of oxazole rings is 1. The minimum atomic E-state index is -0.759. The van der Waals surface area contributed by atoms with Gasteiger partial charge in [0.15, 0.2) is 11.7 Å². The predicted molar refractivity (Wildman–Crippen MR) is 98.5 cm³/mol. The van der Waals surface area contributed by atoms with Gasteiger partial charge < -0.3 is 20.8 Å². The van der Waals surface area contributed by atoms with E-state index < -0.39 is 17.7 Å². The average Bonchev–Trinajstić information content (AvgIpc) is 3.08. The second-order valence-corrected chi connectivity index (χ2v) is 5.86. The van der Waals surface area contributed by atoms with Crippen LogP contribution in [0.5, 0.6) is 0 Å². The minimum Gasteiger partial charge on any atom is -0.441 e. The summed E-state index contributed by atoms with van der Waals surface area (Å²) in [4.78, 5) is 27.0. The number of urea groups is 1. The highest BCUT2D eigenvalue weighted by atomic mass is 19.1. The molecule has 3 amide bonds. The molecular formula is C19H16F2N4O3. The SMILES string of the molecule is NC(=O)Nc1cccc(NC(=O)CCc2ncc(-c3ccc(F)cc3F)o2)c1. The minimum absolute atomic E-state index is 0.0688. The van der Waals surface area contributed by atoms with E-state index in [0.29, 0.717) is 11.4 Å². The summed E-state index contributed by atoms with van der Waals surface area (Å²) in [6, 6.07) is 8.92. The second-order valence-electron chi connectivity index (χ2n) is 5.86. The van der Waals surface area contributed by atoms with Crippen LogP contribution < -0.4 is 16.4 Å². The lowest BCUT2D eigenvalue weighted by atomic mass is 10.2. The number of benzene rings is 2. The topological polar surface area (TPSA) is 110 Å². The highest BCUT2D eigenvalue weighted by Crippen LogP contribution is 2.24. The van der Waals surface area contributed by atoms with Crippen LogP contribution in [0.1, 0.15) is 12.3 Å². The summed E-state index contributed by atoms with van der Waals surface area (Å²) >= 11 is 0. The number of primary amides is 1. The molecular weight excluding hydrogens is 370 g/mol. The van der Waals surface area contributed by atoms with E-state index in [1.165, 1.54) is 12.3 Å². The molecule has 4 N–H and O–H groups in total. The van der Waals surface area contributed by atoms with E-state index in [0.717, 1.165) is 12.1 Å². The molecule has 3 rings (SSSR count). The summed E-state index contributed by atoms with van der Waals surface area (Å²) < 4.78 is 32.2. The number of nitrogens with zero attached hydrogens (tertiary/aromatic N) is 1. The first-order valence-corrected chi connectivity index (χ1v) is 8.27. The van der Waals surface area contributed by atoms with Crippen molar-refractivity contribution < 1.29 is 22.8 Å². The molecule has 0 bridgehead atoms. The van der Waals surface area contributed by atoms with Crippen molar-refractivity contribution in [2.45, 2.75) is 12.8 Å². The Kier molecular flexibility index (Phi) is 5.64. The van der Waals surface area contributed by atoms with Crippen LogP contribution >= 0.6 is 0 Å². The fourth-order valence-corrected chi connectivity index (χ4v) is 2.50. The summed E-state index contributed by atoms with van der Waals surface area (Å²) in [5.41, 5.74) is 6.07. The van der Waals surface area contributed by atoms with Crippen molar-refractivity contribution in [3.63, 3.8) is 0 Å². The Balaban J connectivity index is 1.58. The zero-order valence-corrected chi connectivity index (χ0v) is 14.5.